The molecular weight excluding hydrogens is 386 g/mol. The van der Waals surface area contributed by atoms with E-state index >= 15 is 0 Å². The summed E-state index contributed by atoms with van der Waals surface area (Å²) in [6.45, 7) is 2.55. The van der Waals surface area contributed by atoms with Crippen LogP contribution in [0.4, 0.5) is 17.1 Å². The Kier molecular flexibility index (Phi) is 5.39. The summed E-state index contributed by atoms with van der Waals surface area (Å²) in [4.78, 5) is 37.7. The third-order valence-electron chi connectivity index (χ3n) is 5.65. The largest absolute Gasteiger partial charge is 0.493 e. The number of Topliss-reactive ketones (excluding diaryl/α,β-unsaturated/α-hetero) is 1. The van der Waals surface area contributed by atoms with Gasteiger partial charge in [0.15, 0.2) is 5.78 Å². The maximum absolute atomic E-state index is 13.1. The molecule has 30 heavy (non-hydrogen) atoms. The highest BCUT2D eigenvalue weighted by Crippen LogP contribution is 2.35. The van der Waals surface area contributed by atoms with E-state index < -0.39 is 11.0 Å². The van der Waals surface area contributed by atoms with Crippen molar-refractivity contribution in [2.75, 3.05) is 23.4 Å². The number of ether oxygens (including phenoxy) is 1. The first-order valence-corrected chi connectivity index (χ1v) is 10.1. The van der Waals surface area contributed by atoms with Crippen molar-refractivity contribution in [1.82, 2.24) is 0 Å². The normalized spacial score (nSPS) is 17.8. The molecule has 1 fully saturated rings. The number of carbonyl (C=O) groups excluding carboxylic acids is 2. The van der Waals surface area contributed by atoms with Crippen molar-refractivity contribution in [2.45, 2.75) is 38.6 Å². The van der Waals surface area contributed by atoms with Gasteiger partial charge >= 0.3 is 0 Å². The molecule has 0 aromatic heterocycles. The van der Waals surface area contributed by atoms with Crippen molar-refractivity contribution in [3.8, 4) is 5.75 Å². The van der Waals surface area contributed by atoms with E-state index in [1.165, 1.54) is 13.0 Å². The zero-order chi connectivity index (χ0) is 21.3. The number of nitrogens with one attached hydrogen (secondary N) is 1. The summed E-state index contributed by atoms with van der Waals surface area (Å²) in [5.74, 6) is 0.408. The van der Waals surface area contributed by atoms with Gasteiger partial charge in [0, 0.05) is 30.3 Å². The number of fused-ring (bicyclic) bond motifs is 1. The Hall–Kier alpha value is -3.42. The Balaban J connectivity index is 1.61. The molecular formula is C22H23N3O5. The van der Waals surface area contributed by atoms with Gasteiger partial charge < -0.3 is 15.0 Å². The minimum absolute atomic E-state index is 0.155. The topological polar surface area (TPSA) is 102 Å². The van der Waals surface area contributed by atoms with E-state index in [4.69, 9.17) is 4.74 Å². The van der Waals surface area contributed by atoms with Gasteiger partial charge in [-0.15, -0.1) is 0 Å². The number of nitro groups is 1. The molecule has 0 aliphatic carbocycles. The number of carbonyl (C=O) groups is 2. The number of amides is 1. The summed E-state index contributed by atoms with van der Waals surface area (Å²) in [5, 5.41) is 14.6. The monoisotopic (exact) mass is 409 g/mol. The summed E-state index contributed by atoms with van der Waals surface area (Å²) in [6, 6.07) is 9.49. The van der Waals surface area contributed by atoms with Crippen LogP contribution in [0, 0.1) is 10.1 Å². The molecule has 1 saturated heterocycles. The second kappa shape index (κ2) is 8.14. The average Bonchev–Trinajstić information content (AvgIpc) is 3.21. The molecule has 2 heterocycles. The van der Waals surface area contributed by atoms with Crippen molar-refractivity contribution < 1.29 is 19.2 Å². The summed E-state index contributed by atoms with van der Waals surface area (Å²) in [6.07, 6.45) is 3.12. The summed E-state index contributed by atoms with van der Waals surface area (Å²) in [7, 11) is 0. The van der Waals surface area contributed by atoms with E-state index in [-0.39, 0.29) is 22.9 Å². The predicted octanol–water partition coefficient (Wildman–Crippen LogP) is 3.73. The molecule has 0 saturated carbocycles. The van der Waals surface area contributed by atoms with Gasteiger partial charge in [0.25, 0.3) is 5.69 Å². The lowest BCUT2D eigenvalue weighted by atomic mass is 9.99. The lowest BCUT2D eigenvalue weighted by Crippen LogP contribution is -2.47. The fraction of sp³-hybridized carbons (Fsp3) is 0.364. The first-order chi connectivity index (χ1) is 14.4. The number of rotatable bonds is 5. The van der Waals surface area contributed by atoms with Gasteiger partial charge in [0.05, 0.1) is 11.5 Å². The van der Waals surface area contributed by atoms with Gasteiger partial charge in [0.1, 0.15) is 17.5 Å². The second-order valence-electron chi connectivity index (χ2n) is 7.63. The number of ketones is 1. The van der Waals surface area contributed by atoms with Crippen LogP contribution in [0.5, 0.6) is 5.75 Å². The molecule has 2 aromatic carbocycles. The van der Waals surface area contributed by atoms with Crippen LogP contribution in [0.1, 0.15) is 42.1 Å². The Morgan fingerprint density at radius 1 is 1.20 bits per heavy atom. The van der Waals surface area contributed by atoms with Crippen molar-refractivity contribution in [3.05, 3.63) is 57.6 Å². The quantitative estimate of drug-likeness (QED) is 0.459. The zero-order valence-electron chi connectivity index (χ0n) is 16.7. The first-order valence-electron chi connectivity index (χ1n) is 10.1. The van der Waals surface area contributed by atoms with Crippen LogP contribution >= 0.6 is 0 Å². The maximum Gasteiger partial charge on any atom is 0.293 e. The molecule has 4 rings (SSSR count). The Bertz CT molecular complexity index is 1020. The SMILES string of the molecule is CC(=O)c1ccc(N2CCCCC2C(=O)Nc2ccc3c(c2)CCO3)c([N+](=O)[O-])c1. The van der Waals surface area contributed by atoms with Crippen LogP contribution in [0.25, 0.3) is 0 Å². The van der Waals surface area contributed by atoms with Crippen molar-refractivity contribution >= 4 is 28.8 Å². The highest BCUT2D eigenvalue weighted by atomic mass is 16.6. The minimum Gasteiger partial charge on any atom is -0.493 e. The first kappa shape index (κ1) is 19.9. The van der Waals surface area contributed by atoms with Crippen LogP contribution in [0.15, 0.2) is 36.4 Å². The van der Waals surface area contributed by atoms with Crippen LogP contribution in [0.2, 0.25) is 0 Å². The van der Waals surface area contributed by atoms with E-state index in [1.807, 2.05) is 12.1 Å². The molecule has 156 valence electrons. The molecule has 1 unspecified atom stereocenters. The zero-order valence-corrected chi connectivity index (χ0v) is 16.7. The second-order valence-corrected chi connectivity index (χ2v) is 7.63. The highest BCUT2D eigenvalue weighted by Gasteiger charge is 2.33. The van der Waals surface area contributed by atoms with Gasteiger partial charge in [-0.25, -0.2) is 0 Å². The Morgan fingerprint density at radius 2 is 2.03 bits per heavy atom. The summed E-state index contributed by atoms with van der Waals surface area (Å²) in [5.41, 5.74) is 2.24. The Morgan fingerprint density at radius 3 is 2.80 bits per heavy atom. The number of hydrogen-bond acceptors (Lipinski definition) is 6. The predicted molar refractivity (Wildman–Crippen MR) is 112 cm³/mol. The molecule has 0 radical (unpaired) electrons. The maximum atomic E-state index is 13.1. The van der Waals surface area contributed by atoms with Crippen LogP contribution < -0.4 is 15.0 Å². The molecule has 1 amide bonds. The van der Waals surface area contributed by atoms with Crippen LogP contribution in [-0.2, 0) is 11.2 Å². The molecule has 8 heteroatoms. The lowest BCUT2D eigenvalue weighted by Gasteiger charge is -2.36. The molecule has 0 spiro atoms. The fourth-order valence-electron chi connectivity index (χ4n) is 4.11. The van der Waals surface area contributed by atoms with Gasteiger partial charge in [-0.2, -0.15) is 0 Å². The van der Waals surface area contributed by atoms with E-state index in [9.17, 15) is 19.7 Å². The van der Waals surface area contributed by atoms with Gasteiger partial charge in [-0.3, -0.25) is 19.7 Å². The number of anilines is 2. The number of piperidine rings is 1. The third-order valence-corrected chi connectivity index (χ3v) is 5.65. The van der Waals surface area contributed by atoms with E-state index in [2.05, 4.69) is 5.32 Å². The van der Waals surface area contributed by atoms with E-state index in [0.29, 0.717) is 30.9 Å². The third kappa shape index (κ3) is 3.85. The molecule has 2 aromatic rings. The fourth-order valence-corrected chi connectivity index (χ4v) is 4.11. The summed E-state index contributed by atoms with van der Waals surface area (Å²) < 4.78 is 5.50. The highest BCUT2D eigenvalue weighted by molar-refractivity contribution is 5.98. The molecule has 8 nitrogen and oxygen atoms in total. The number of benzene rings is 2. The van der Waals surface area contributed by atoms with Crippen LogP contribution in [0.3, 0.4) is 0 Å². The molecule has 1 atom stereocenters. The standard InChI is InChI=1S/C22H23N3O5/c1-14(26)15-5-7-18(20(13-15)25(28)29)24-10-3-2-4-19(24)22(27)23-17-6-8-21-16(12-17)9-11-30-21/h5-8,12-13,19H,2-4,9-11H2,1H3,(H,23,27). The van der Waals surface area contributed by atoms with Crippen LogP contribution in [-0.4, -0.2) is 35.8 Å². The van der Waals surface area contributed by atoms with Crippen molar-refractivity contribution in [2.24, 2.45) is 0 Å². The van der Waals surface area contributed by atoms with Gasteiger partial charge in [-0.1, -0.05) is 0 Å². The lowest BCUT2D eigenvalue weighted by molar-refractivity contribution is -0.384. The Labute approximate surface area is 174 Å². The average molecular weight is 409 g/mol. The minimum atomic E-state index is -0.523. The number of nitro benzene ring substituents is 1. The van der Waals surface area contributed by atoms with Crippen molar-refractivity contribution in [3.63, 3.8) is 0 Å². The molecule has 0 bridgehead atoms. The van der Waals surface area contributed by atoms with Gasteiger partial charge in [0.2, 0.25) is 5.91 Å². The smallest absolute Gasteiger partial charge is 0.293 e. The van der Waals surface area contributed by atoms with Crippen molar-refractivity contribution in [1.29, 1.82) is 0 Å². The number of hydrogen-bond donors (Lipinski definition) is 1. The molecule has 1 N–H and O–H groups in total. The van der Waals surface area contributed by atoms with Gasteiger partial charge in [-0.05, 0) is 62.1 Å². The van der Waals surface area contributed by atoms with E-state index in [0.717, 1.165) is 30.6 Å². The molecule has 2 aliphatic heterocycles. The summed E-state index contributed by atoms with van der Waals surface area (Å²) >= 11 is 0. The molecule has 2 aliphatic rings. The number of nitrogens with zero attached hydrogens (tertiary/aromatic N) is 2. The van der Waals surface area contributed by atoms with E-state index in [1.54, 1.807) is 23.1 Å².